The van der Waals surface area contributed by atoms with Gasteiger partial charge in [-0.1, -0.05) is 50.2 Å². The molecule has 0 aliphatic rings. The molecule has 5 heteroatoms. The Balaban J connectivity index is 1.78. The lowest BCUT2D eigenvalue weighted by Gasteiger charge is -2.34. The standard InChI is InChI=1S/C23H26N4S/c1-4-20(26(3)5-2)22(27-14-13-24-16-27)18-11-12-19-21(15-18)28-23(25-19)17-9-7-6-8-10-17/h6-16,20,22H,4-5H2,1-3H3. The number of aromatic nitrogens is 3. The van der Waals surface area contributed by atoms with Gasteiger partial charge in [0.05, 0.1) is 22.6 Å². The molecule has 4 rings (SSSR count). The minimum Gasteiger partial charge on any atom is -0.328 e. The smallest absolute Gasteiger partial charge is 0.124 e. The minimum atomic E-state index is 0.226. The molecule has 0 bridgehead atoms. The topological polar surface area (TPSA) is 34.0 Å². The van der Waals surface area contributed by atoms with Crippen LogP contribution >= 0.6 is 11.3 Å². The van der Waals surface area contributed by atoms with Gasteiger partial charge in [-0.15, -0.1) is 11.3 Å². The van der Waals surface area contributed by atoms with Crippen LogP contribution in [0.5, 0.6) is 0 Å². The lowest BCUT2D eigenvalue weighted by molar-refractivity contribution is 0.198. The molecule has 0 radical (unpaired) electrons. The minimum absolute atomic E-state index is 0.226. The first kappa shape index (κ1) is 18.8. The molecule has 0 saturated carbocycles. The number of thiazole rings is 1. The molecule has 2 unspecified atom stereocenters. The van der Waals surface area contributed by atoms with Crippen molar-refractivity contribution in [3.05, 3.63) is 72.8 Å². The third-order valence-corrected chi connectivity index (χ3v) is 6.54. The van der Waals surface area contributed by atoms with Crippen LogP contribution < -0.4 is 0 Å². The zero-order valence-electron chi connectivity index (χ0n) is 16.6. The third-order valence-electron chi connectivity index (χ3n) is 5.47. The average molecular weight is 391 g/mol. The molecule has 2 aromatic heterocycles. The van der Waals surface area contributed by atoms with Crippen LogP contribution in [0.2, 0.25) is 0 Å². The molecular formula is C23H26N4S. The number of hydrogen-bond acceptors (Lipinski definition) is 4. The number of nitrogens with zero attached hydrogens (tertiary/aromatic N) is 4. The second kappa shape index (κ2) is 8.25. The molecule has 4 aromatic rings. The Kier molecular flexibility index (Phi) is 5.55. The molecule has 2 heterocycles. The summed E-state index contributed by atoms with van der Waals surface area (Å²) in [5, 5.41) is 1.07. The Morgan fingerprint density at radius 2 is 1.93 bits per heavy atom. The van der Waals surface area contributed by atoms with E-state index >= 15 is 0 Å². The molecule has 4 nitrogen and oxygen atoms in total. The van der Waals surface area contributed by atoms with Crippen molar-refractivity contribution in [2.45, 2.75) is 32.4 Å². The lowest BCUT2D eigenvalue weighted by Crippen LogP contribution is -2.39. The maximum Gasteiger partial charge on any atom is 0.124 e. The van der Waals surface area contributed by atoms with E-state index in [2.05, 4.69) is 84.0 Å². The number of likely N-dealkylation sites (N-methyl/N-ethyl adjacent to an activating group) is 1. The monoisotopic (exact) mass is 390 g/mol. The van der Waals surface area contributed by atoms with E-state index in [0.29, 0.717) is 6.04 Å². The molecule has 2 atom stereocenters. The Labute approximate surface area is 170 Å². The largest absolute Gasteiger partial charge is 0.328 e. The van der Waals surface area contributed by atoms with Crippen molar-refractivity contribution >= 4 is 21.6 Å². The van der Waals surface area contributed by atoms with E-state index < -0.39 is 0 Å². The van der Waals surface area contributed by atoms with E-state index in [4.69, 9.17) is 4.98 Å². The highest BCUT2D eigenvalue weighted by Gasteiger charge is 2.26. The summed E-state index contributed by atoms with van der Waals surface area (Å²) in [6.07, 6.45) is 6.94. The first-order chi connectivity index (χ1) is 13.7. The predicted molar refractivity (Wildman–Crippen MR) is 118 cm³/mol. The molecule has 0 aliphatic heterocycles. The van der Waals surface area contributed by atoms with E-state index in [0.717, 1.165) is 23.5 Å². The van der Waals surface area contributed by atoms with E-state index in [9.17, 15) is 0 Å². The summed E-state index contributed by atoms with van der Waals surface area (Å²) in [6, 6.07) is 17.7. The zero-order chi connectivity index (χ0) is 19.5. The summed E-state index contributed by atoms with van der Waals surface area (Å²) in [7, 11) is 2.21. The van der Waals surface area contributed by atoms with Crippen LogP contribution in [0, 0.1) is 0 Å². The lowest BCUT2D eigenvalue weighted by atomic mass is 9.95. The van der Waals surface area contributed by atoms with Crippen LogP contribution in [0.1, 0.15) is 31.9 Å². The molecule has 0 fully saturated rings. The van der Waals surface area contributed by atoms with Gasteiger partial charge in [0.1, 0.15) is 5.01 Å². The number of benzene rings is 2. The van der Waals surface area contributed by atoms with Gasteiger partial charge in [0.25, 0.3) is 0 Å². The average Bonchev–Trinajstić information content (AvgIpc) is 3.41. The first-order valence-corrected chi connectivity index (χ1v) is 10.7. The number of rotatable bonds is 7. The molecule has 0 amide bonds. The zero-order valence-corrected chi connectivity index (χ0v) is 17.4. The van der Waals surface area contributed by atoms with Gasteiger partial charge in [0.15, 0.2) is 0 Å². The van der Waals surface area contributed by atoms with E-state index in [1.165, 1.54) is 15.8 Å². The second-order valence-electron chi connectivity index (χ2n) is 7.12. The van der Waals surface area contributed by atoms with Crippen LogP contribution in [0.25, 0.3) is 20.8 Å². The van der Waals surface area contributed by atoms with Crippen molar-refractivity contribution in [1.82, 2.24) is 19.4 Å². The summed E-state index contributed by atoms with van der Waals surface area (Å²) in [5.41, 5.74) is 3.54. The third kappa shape index (κ3) is 3.60. The molecule has 28 heavy (non-hydrogen) atoms. The van der Waals surface area contributed by atoms with Crippen molar-refractivity contribution in [3.8, 4) is 10.6 Å². The summed E-state index contributed by atoms with van der Waals surface area (Å²) in [6.45, 7) is 5.50. The van der Waals surface area contributed by atoms with Gasteiger partial charge >= 0.3 is 0 Å². The molecular weight excluding hydrogens is 364 g/mol. The van der Waals surface area contributed by atoms with Crippen molar-refractivity contribution in [3.63, 3.8) is 0 Å². The molecule has 0 saturated heterocycles. The van der Waals surface area contributed by atoms with Crippen LogP contribution in [0.3, 0.4) is 0 Å². The van der Waals surface area contributed by atoms with Crippen LogP contribution in [-0.4, -0.2) is 39.1 Å². The Morgan fingerprint density at radius 3 is 2.61 bits per heavy atom. The Morgan fingerprint density at radius 1 is 1.11 bits per heavy atom. The normalized spacial score (nSPS) is 13.9. The fourth-order valence-corrected chi connectivity index (χ4v) is 4.89. The van der Waals surface area contributed by atoms with Crippen molar-refractivity contribution in [2.24, 2.45) is 0 Å². The highest BCUT2D eigenvalue weighted by molar-refractivity contribution is 7.21. The van der Waals surface area contributed by atoms with Gasteiger partial charge in [-0.3, -0.25) is 0 Å². The highest BCUT2D eigenvalue weighted by atomic mass is 32.1. The van der Waals surface area contributed by atoms with Crippen molar-refractivity contribution < 1.29 is 0 Å². The maximum absolute atomic E-state index is 4.85. The first-order valence-electron chi connectivity index (χ1n) is 9.84. The van der Waals surface area contributed by atoms with Crippen molar-refractivity contribution in [2.75, 3.05) is 13.6 Å². The quantitative estimate of drug-likeness (QED) is 0.419. The molecule has 0 N–H and O–H groups in total. The number of hydrogen-bond donors (Lipinski definition) is 0. The fourth-order valence-electron chi connectivity index (χ4n) is 3.87. The molecule has 0 spiro atoms. The van der Waals surface area contributed by atoms with E-state index in [-0.39, 0.29) is 6.04 Å². The summed E-state index contributed by atoms with van der Waals surface area (Å²) in [5.74, 6) is 0. The van der Waals surface area contributed by atoms with E-state index in [1.54, 1.807) is 11.3 Å². The van der Waals surface area contributed by atoms with Gasteiger partial charge in [-0.2, -0.15) is 0 Å². The van der Waals surface area contributed by atoms with Crippen LogP contribution in [0.4, 0.5) is 0 Å². The summed E-state index contributed by atoms with van der Waals surface area (Å²) >= 11 is 1.76. The van der Waals surface area contributed by atoms with Gasteiger partial charge in [0, 0.05) is 24.0 Å². The fraction of sp³-hybridized carbons (Fsp3) is 0.304. The van der Waals surface area contributed by atoms with Crippen molar-refractivity contribution in [1.29, 1.82) is 0 Å². The number of fused-ring (bicyclic) bond motifs is 1. The Hall–Kier alpha value is -2.50. The van der Waals surface area contributed by atoms with Gasteiger partial charge in [0.2, 0.25) is 0 Å². The molecule has 2 aromatic carbocycles. The number of imidazole rings is 1. The van der Waals surface area contributed by atoms with Gasteiger partial charge < -0.3 is 9.47 Å². The molecule has 144 valence electrons. The maximum atomic E-state index is 4.85. The summed E-state index contributed by atoms with van der Waals surface area (Å²) in [4.78, 5) is 11.6. The summed E-state index contributed by atoms with van der Waals surface area (Å²) < 4.78 is 3.47. The predicted octanol–water partition coefficient (Wildman–Crippen LogP) is 5.48. The molecule has 0 aliphatic carbocycles. The van der Waals surface area contributed by atoms with Gasteiger partial charge in [-0.25, -0.2) is 9.97 Å². The van der Waals surface area contributed by atoms with E-state index in [1.807, 2.05) is 18.6 Å². The van der Waals surface area contributed by atoms with Crippen LogP contribution in [-0.2, 0) is 0 Å². The Bertz CT molecular complexity index is 1020. The SMILES string of the molecule is CCC(C(c1ccc2nc(-c3ccccc3)sc2c1)n1ccnc1)N(C)CC. The van der Waals surface area contributed by atoms with Crippen LogP contribution in [0.15, 0.2) is 67.3 Å². The van der Waals surface area contributed by atoms with Gasteiger partial charge in [-0.05, 0) is 37.7 Å². The second-order valence-corrected chi connectivity index (χ2v) is 8.15. The highest BCUT2D eigenvalue weighted by Crippen LogP contribution is 2.34.